The molecule has 0 radical (unpaired) electrons. The molecule has 3 rings (SSSR count). The van der Waals surface area contributed by atoms with Gasteiger partial charge in [0, 0.05) is 25.0 Å². The summed E-state index contributed by atoms with van der Waals surface area (Å²) in [6, 6.07) is 11.1. The summed E-state index contributed by atoms with van der Waals surface area (Å²) in [5.41, 5.74) is 1.47. The minimum absolute atomic E-state index is 0.0751. The molecular weight excluding hydrogens is 262 g/mol. The number of hydrogen-bond acceptors (Lipinski definition) is 3. The Labute approximate surface area is 127 Å². The van der Waals surface area contributed by atoms with Gasteiger partial charge in [-0.3, -0.25) is 0 Å². The van der Waals surface area contributed by atoms with Crippen molar-refractivity contribution in [2.45, 2.75) is 37.6 Å². The molecule has 1 unspecified atom stereocenters. The summed E-state index contributed by atoms with van der Waals surface area (Å²) < 4.78 is 11.6. The zero-order chi connectivity index (χ0) is 14.5. The molecular formula is C18H25NO2. The van der Waals surface area contributed by atoms with E-state index in [-0.39, 0.29) is 11.5 Å². The fourth-order valence-corrected chi connectivity index (χ4v) is 3.66. The maximum absolute atomic E-state index is 5.93. The summed E-state index contributed by atoms with van der Waals surface area (Å²) in [4.78, 5) is 0. The molecule has 1 aromatic rings. The van der Waals surface area contributed by atoms with E-state index in [4.69, 9.17) is 9.47 Å². The zero-order valence-corrected chi connectivity index (χ0v) is 12.8. The van der Waals surface area contributed by atoms with Gasteiger partial charge in [0.2, 0.25) is 0 Å². The van der Waals surface area contributed by atoms with Crippen LogP contribution >= 0.6 is 0 Å². The zero-order valence-electron chi connectivity index (χ0n) is 12.8. The quantitative estimate of drug-likeness (QED) is 0.903. The molecule has 3 nitrogen and oxygen atoms in total. The third-order valence-electron chi connectivity index (χ3n) is 4.71. The first-order chi connectivity index (χ1) is 10.4. The number of rotatable bonds is 5. The summed E-state index contributed by atoms with van der Waals surface area (Å²) in [6.07, 6.45) is 5.36. The lowest BCUT2D eigenvalue weighted by atomic mass is 9.68. The Hall–Kier alpha value is -1.32. The molecule has 0 bridgehead atoms. The first-order valence-corrected chi connectivity index (χ1v) is 8.06. The molecule has 1 aromatic carbocycles. The van der Waals surface area contributed by atoms with Crippen molar-refractivity contribution in [1.82, 2.24) is 5.32 Å². The topological polar surface area (TPSA) is 30.5 Å². The lowest BCUT2D eigenvalue weighted by Crippen LogP contribution is -2.52. The third-order valence-corrected chi connectivity index (χ3v) is 4.71. The van der Waals surface area contributed by atoms with Gasteiger partial charge in [-0.25, -0.2) is 0 Å². The van der Waals surface area contributed by atoms with Crippen LogP contribution in [0.4, 0.5) is 0 Å². The molecule has 1 fully saturated rings. The molecule has 0 aromatic heterocycles. The second kappa shape index (κ2) is 6.63. The van der Waals surface area contributed by atoms with Crippen LogP contribution in [0.15, 0.2) is 42.2 Å². The van der Waals surface area contributed by atoms with Crippen molar-refractivity contribution in [1.29, 1.82) is 0 Å². The summed E-state index contributed by atoms with van der Waals surface area (Å²) in [5.74, 6) is 1.13. The van der Waals surface area contributed by atoms with Gasteiger partial charge in [-0.05, 0) is 31.0 Å². The van der Waals surface area contributed by atoms with Crippen LogP contribution in [-0.2, 0) is 14.9 Å². The fraction of sp³-hybridized carbons (Fsp3) is 0.556. The van der Waals surface area contributed by atoms with Gasteiger partial charge in [-0.2, -0.15) is 0 Å². The lowest BCUT2D eigenvalue weighted by molar-refractivity contribution is 0.0308. The summed E-state index contributed by atoms with van der Waals surface area (Å²) >= 11 is 0. The van der Waals surface area contributed by atoms with E-state index in [0.717, 1.165) is 51.4 Å². The standard InChI is InChI=1S/C18H25NO2/c1-2-19-17(16-9-6-12-21-16)18(10-13-20-14-11-18)15-7-4-3-5-8-15/h3-5,7-9,17,19H,2,6,10-14H2,1H3. The van der Waals surface area contributed by atoms with Crippen LogP contribution in [0.5, 0.6) is 0 Å². The second-order valence-corrected chi connectivity index (χ2v) is 5.87. The molecule has 0 amide bonds. The molecule has 1 atom stereocenters. The Kier molecular flexibility index (Phi) is 4.61. The van der Waals surface area contributed by atoms with Crippen LogP contribution in [0, 0.1) is 0 Å². The summed E-state index contributed by atoms with van der Waals surface area (Å²) in [7, 11) is 0. The van der Waals surface area contributed by atoms with E-state index in [2.05, 4.69) is 48.6 Å². The van der Waals surface area contributed by atoms with E-state index < -0.39 is 0 Å². The van der Waals surface area contributed by atoms with E-state index >= 15 is 0 Å². The van der Waals surface area contributed by atoms with Crippen molar-refractivity contribution < 1.29 is 9.47 Å². The van der Waals surface area contributed by atoms with E-state index in [1.54, 1.807) is 0 Å². The monoisotopic (exact) mass is 287 g/mol. The number of nitrogens with one attached hydrogen (secondary N) is 1. The Balaban J connectivity index is 2.00. The van der Waals surface area contributed by atoms with Crippen LogP contribution in [0.3, 0.4) is 0 Å². The minimum atomic E-state index is 0.0751. The maximum atomic E-state index is 5.93. The first kappa shape index (κ1) is 14.6. The molecule has 3 heteroatoms. The second-order valence-electron chi connectivity index (χ2n) is 5.87. The Morgan fingerprint density at radius 1 is 1.14 bits per heavy atom. The van der Waals surface area contributed by atoms with Gasteiger partial charge < -0.3 is 14.8 Å². The van der Waals surface area contributed by atoms with Gasteiger partial charge in [0.05, 0.1) is 12.6 Å². The van der Waals surface area contributed by atoms with Gasteiger partial charge >= 0.3 is 0 Å². The molecule has 2 aliphatic heterocycles. The molecule has 21 heavy (non-hydrogen) atoms. The molecule has 2 heterocycles. The van der Waals surface area contributed by atoms with Crippen molar-refractivity contribution >= 4 is 0 Å². The Bertz CT molecular complexity index is 477. The molecule has 0 saturated carbocycles. The molecule has 2 aliphatic rings. The van der Waals surface area contributed by atoms with Crippen LogP contribution < -0.4 is 5.32 Å². The van der Waals surface area contributed by atoms with Gasteiger partial charge in [0.1, 0.15) is 5.76 Å². The lowest BCUT2D eigenvalue weighted by Gasteiger charge is -2.44. The number of likely N-dealkylation sites (N-methyl/N-ethyl adjacent to an activating group) is 1. The fourth-order valence-electron chi connectivity index (χ4n) is 3.66. The van der Waals surface area contributed by atoms with Crippen molar-refractivity contribution in [3.63, 3.8) is 0 Å². The SMILES string of the molecule is CCNC(C1=CCCO1)C1(c2ccccc2)CCOCC1. The highest BCUT2D eigenvalue weighted by Gasteiger charge is 2.44. The molecule has 1 N–H and O–H groups in total. The average Bonchev–Trinajstić information content (AvgIpc) is 3.08. The predicted octanol–water partition coefficient (Wildman–Crippen LogP) is 3.02. The minimum Gasteiger partial charge on any atom is -0.496 e. The number of benzene rings is 1. The van der Waals surface area contributed by atoms with E-state index in [0.29, 0.717) is 0 Å². The van der Waals surface area contributed by atoms with Gasteiger partial charge in [0.25, 0.3) is 0 Å². The molecule has 0 aliphatic carbocycles. The normalized spacial score (nSPS) is 22.4. The van der Waals surface area contributed by atoms with Crippen LogP contribution in [-0.4, -0.2) is 32.4 Å². The maximum Gasteiger partial charge on any atom is 0.110 e. The molecule has 114 valence electrons. The largest absolute Gasteiger partial charge is 0.496 e. The summed E-state index contributed by atoms with van der Waals surface area (Å²) in [5, 5.41) is 3.68. The number of ether oxygens (including phenoxy) is 2. The van der Waals surface area contributed by atoms with Gasteiger partial charge in [0.15, 0.2) is 0 Å². The predicted molar refractivity (Wildman–Crippen MR) is 84.3 cm³/mol. The van der Waals surface area contributed by atoms with Crippen molar-refractivity contribution in [3.05, 3.63) is 47.7 Å². The van der Waals surface area contributed by atoms with Crippen LogP contribution in [0.2, 0.25) is 0 Å². The Morgan fingerprint density at radius 3 is 2.52 bits per heavy atom. The van der Waals surface area contributed by atoms with Gasteiger partial charge in [-0.15, -0.1) is 0 Å². The van der Waals surface area contributed by atoms with Gasteiger partial charge in [-0.1, -0.05) is 37.3 Å². The highest BCUT2D eigenvalue weighted by Crippen LogP contribution is 2.41. The first-order valence-electron chi connectivity index (χ1n) is 8.06. The van der Waals surface area contributed by atoms with E-state index in [1.807, 2.05) is 0 Å². The van der Waals surface area contributed by atoms with E-state index in [1.165, 1.54) is 5.56 Å². The highest BCUT2D eigenvalue weighted by atomic mass is 16.5. The van der Waals surface area contributed by atoms with Crippen molar-refractivity contribution in [2.24, 2.45) is 0 Å². The summed E-state index contributed by atoms with van der Waals surface area (Å²) in [6.45, 7) is 5.58. The molecule has 1 saturated heterocycles. The van der Waals surface area contributed by atoms with Crippen molar-refractivity contribution in [2.75, 3.05) is 26.4 Å². The third kappa shape index (κ3) is 2.85. The van der Waals surface area contributed by atoms with Crippen LogP contribution in [0.25, 0.3) is 0 Å². The molecule has 0 spiro atoms. The number of hydrogen-bond donors (Lipinski definition) is 1. The smallest absolute Gasteiger partial charge is 0.110 e. The van der Waals surface area contributed by atoms with E-state index in [9.17, 15) is 0 Å². The average molecular weight is 287 g/mol. The highest BCUT2D eigenvalue weighted by molar-refractivity contribution is 5.33. The Morgan fingerprint density at radius 2 is 1.90 bits per heavy atom. The van der Waals surface area contributed by atoms with Crippen molar-refractivity contribution in [3.8, 4) is 0 Å². The van der Waals surface area contributed by atoms with Crippen LogP contribution in [0.1, 0.15) is 31.7 Å².